The highest BCUT2D eigenvalue weighted by Crippen LogP contribution is 2.25. The zero-order chi connectivity index (χ0) is 10.6. The summed E-state index contributed by atoms with van der Waals surface area (Å²) in [4.78, 5) is 11.0. The van der Waals surface area contributed by atoms with Crippen molar-refractivity contribution >= 4 is 34.2 Å². The Kier molecular flexibility index (Phi) is 3.98. The molecular weight excluding hydrogens is 223 g/mol. The highest BCUT2D eigenvalue weighted by Gasteiger charge is 2.12. The van der Waals surface area contributed by atoms with Crippen molar-refractivity contribution < 1.29 is 9.53 Å². The van der Waals surface area contributed by atoms with E-state index in [1.54, 1.807) is 24.3 Å². The van der Waals surface area contributed by atoms with E-state index in [-0.39, 0.29) is 10.1 Å². The number of hydrogen-bond donors (Lipinski definition) is 0. The van der Waals surface area contributed by atoms with Crippen LogP contribution in [0.2, 0.25) is 0 Å². The van der Waals surface area contributed by atoms with E-state index in [0.717, 1.165) is 0 Å². The lowest BCUT2D eigenvalue weighted by Gasteiger charge is -2.01. The molecule has 0 unspecified atom stereocenters. The molecule has 2 nitrogen and oxygen atoms in total. The van der Waals surface area contributed by atoms with Gasteiger partial charge in [-0.15, -0.1) is 0 Å². The zero-order valence-corrected chi connectivity index (χ0v) is 8.97. The van der Waals surface area contributed by atoms with Gasteiger partial charge in [0.2, 0.25) is 0 Å². The van der Waals surface area contributed by atoms with Crippen LogP contribution in [0.15, 0.2) is 35.4 Å². The number of carbonyl (C=O) groups is 1. The number of benzene rings is 1. The van der Waals surface area contributed by atoms with Gasteiger partial charge in [0.25, 0.3) is 0 Å². The first-order chi connectivity index (χ1) is 6.66. The molecule has 14 heavy (non-hydrogen) atoms. The number of rotatable bonds is 2. The second-order valence-electron chi connectivity index (χ2n) is 2.49. The molecule has 1 rings (SSSR count). The minimum atomic E-state index is -0.638. The van der Waals surface area contributed by atoms with Crippen molar-refractivity contribution in [3.63, 3.8) is 0 Å². The zero-order valence-electron chi connectivity index (χ0n) is 7.46. The summed E-state index contributed by atoms with van der Waals surface area (Å²) in [5.41, 5.74) is 0.685. The van der Waals surface area contributed by atoms with Gasteiger partial charge in [-0.05, 0) is 5.56 Å². The van der Waals surface area contributed by atoms with Crippen molar-refractivity contribution in [2.75, 3.05) is 7.11 Å². The van der Waals surface area contributed by atoms with Crippen molar-refractivity contribution in [2.24, 2.45) is 0 Å². The number of methoxy groups -OCH3 is 1. The topological polar surface area (TPSA) is 26.3 Å². The van der Waals surface area contributed by atoms with Gasteiger partial charge in [-0.1, -0.05) is 53.5 Å². The van der Waals surface area contributed by atoms with Crippen molar-refractivity contribution in [3.05, 3.63) is 40.9 Å². The Labute approximate surface area is 92.1 Å². The van der Waals surface area contributed by atoms with Crippen molar-refractivity contribution in [3.8, 4) is 0 Å². The van der Waals surface area contributed by atoms with Crippen LogP contribution in [-0.4, -0.2) is 13.1 Å². The Morgan fingerprint density at radius 1 is 1.21 bits per heavy atom. The van der Waals surface area contributed by atoms with Crippen LogP contribution in [0.5, 0.6) is 0 Å². The maximum Gasteiger partial charge on any atom is 0.351 e. The van der Waals surface area contributed by atoms with Gasteiger partial charge in [0.05, 0.1) is 12.1 Å². The van der Waals surface area contributed by atoms with E-state index in [1.165, 1.54) is 7.11 Å². The molecule has 0 bridgehead atoms. The van der Waals surface area contributed by atoms with Crippen LogP contribution in [0.4, 0.5) is 0 Å². The molecule has 1 aromatic carbocycles. The third-order valence-electron chi connectivity index (χ3n) is 1.58. The minimum absolute atomic E-state index is 0.111. The third-order valence-corrected chi connectivity index (χ3v) is 2.43. The summed E-state index contributed by atoms with van der Waals surface area (Å²) in [5.74, 6) is -0.638. The summed E-state index contributed by atoms with van der Waals surface area (Å²) < 4.78 is 4.44. The summed E-state index contributed by atoms with van der Waals surface area (Å²) in [6.07, 6.45) is 0. The molecule has 0 heterocycles. The highest BCUT2D eigenvalue weighted by atomic mass is 35.5. The number of halogens is 2. The second-order valence-corrected chi connectivity index (χ2v) is 3.24. The molecule has 0 amide bonds. The van der Waals surface area contributed by atoms with Gasteiger partial charge < -0.3 is 4.74 Å². The molecule has 0 saturated heterocycles. The number of carbonyl (C=O) groups excluding carboxylic acids is 1. The lowest BCUT2D eigenvalue weighted by molar-refractivity contribution is -0.135. The molecule has 0 saturated carbocycles. The standard InChI is InChI=1S/C10H8Cl2O2/c1-14-10(13)9(12)8(11)7-5-3-2-4-6-7/h2-6H,1H3. The number of esters is 1. The van der Waals surface area contributed by atoms with Gasteiger partial charge >= 0.3 is 5.97 Å². The van der Waals surface area contributed by atoms with E-state index in [1.807, 2.05) is 6.07 Å². The second kappa shape index (κ2) is 5.03. The SMILES string of the molecule is COC(=O)C(Cl)=C(Cl)c1ccccc1. The molecule has 4 heteroatoms. The summed E-state index contributed by atoms with van der Waals surface area (Å²) >= 11 is 11.6. The van der Waals surface area contributed by atoms with E-state index in [4.69, 9.17) is 23.2 Å². The number of hydrogen-bond acceptors (Lipinski definition) is 2. The van der Waals surface area contributed by atoms with Crippen molar-refractivity contribution in [1.82, 2.24) is 0 Å². The molecule has 0 aliphatic heterocycles. The molecule has 0 radical (unpaired) electrons. The molecular formula is C10H8Cl2O2. The van der Waals surface area contributed by atoms with Gasteiger partial charge in [-0.25, -0.2) is 4.79 Å². The maximum absolute atomic E-state index is 11.0. The first-order valence-corrected chi connectivity index (χ1v) is 4.61. The monoisotopic (exact) mass is 230 g/mol. The van der Waals surface area contributed by atoms with E-state index in [9.17, 15) is 4.79 Å². The van der Waals surface area contributed by atoms with E-state index in [2.05, 4.69) is 4.74 Å². The van der Waals surface area contributed by atoms with E-state index >= 15 is 0 Å². The molecule has 1 aromatic rings. The fourth-order valence-corrected chi connectivity index (χ4v) is 1.28. The Morgan fingerprint density at radius 3 is 2.29 bits per heavy atom. The molecule has 0 aliphatic rings. The first-order valence-electron chi connectivity index (χ1n) is 3.86. The number of ether oxygens (including phenoxy) is 1. The van der Waals surface area contributed by atoms with Crippen molar-refractivity contribution in [1.29, 1.82) is 0 Å². The molecule has 0 aliphatic carbocycles. The first kappa shape index (κ1) is 11.1. The maximum atomic E-state index is 11.0. The van der Waals surface area contributed by atoms with Crippen molar-refractivity contribution in [2.45, 2.75) is 0 Å². The van der Waals surface area contributed by atoms with Gasteiger partial charge in [-0.2, -0.15) is 0 Å². The van der Waals surface area contributed by atoms with Crippen LogP contribution in [0, 0.1) is 0 Å². The predicted octanol–water partition coefficient (Wildman–Crippen LogP) is 3.01. The Bertz CT molecular complexity index is 358. The van der Waals surface area contributed by atoms with Gasteiger partial charge in [0.1, 0.15) is 5.03 Å². The molecule has 0 spiro atoms. The van der Waals surface area contributed by atoms with Crippen LogP contribution in [0.3, 0.4) is 0 Å². The Balaban J connectivity index is 3.05. The van der Waals surface area contributed by atoms with Crippen LogP contribution in [0.1, 0.15) is 5.56 Å². The summed E-state index contributed by atoms with van der Waals surface area (Å²) in [6, 6.07) is 8.97. The molecule has 0 N–H and O–H groups in total. The Hall–Kier alpha value is -0.990. The van der Waals surface area contributed by atoms with E-state index in [0.29, 0.717) is 5.56 Å². The average Bonchev–Trinajstić information content (AvgIpc) is 2.27. The average molecular weight is 231 g/mol. The molecule has 0 atom stereocenters. The lowest BCUT2D eigenvalue weighted by Crippen LogP contribution is -2.00. The Morgan fingerprint density at radius 2 is 1.79 bits per heavy atom. The summed E-state index contributed by atoms with van der Waals surface area (Å²) in [7, 11) is 1.25. The van der Waals surface area contributed by atoms with Crippen LogP contribution in [-0.2, 0) is 9.53 Å². The lowest BCUT2D eigenvalue weighted by atomic mass is 10.2. The van der Waals surface area contributed by atoms with Crippen LogP contribution in [0.25, 0.3) is 5.03 Å². The third kappa shape index (κ3) is 2.50. The molecule has 74 valence electrons. The van der Waals surface area contributed by atoms with E-state index < -0.39 is 5.97 Å². The quantitative estimate of drug-likeness (QED) is 0.577. The fourth-order valence-electron chi connectivity index (χ4n) is 0.890. The summed E-state index contributed by atoms with van der Waals surface area (Å²) in [5, 5.41) is 0.0829. The fraction of sp³-hybridized carbons (Fsp3) is 0.100. The molecule has 0 fully saturated rings. The smallest absolute Gasteiger partial charge is 0.351 e. The largest absolute Gasteiger partial charge is 0.465 e. The van der Waals surface area contributed by atoms with Crippen LogP contribution >= 0.6 is 23.2 Å². The van der Waals surface area contributed by atoms with Gasteiger partial charge in [0, 0.05) is 0 Å². The van der Waals surface area contributed by atoms with Gasteiger partial charge in [-0.3, -0.25) is 0 Å². The normalized spacial score (nSPS) is 11.9. The minimum Gasteiger partial charge on any atom is -0.465 e. The predicted molar refractivity (Wildman–Crippen MR) is 57.1 cm³/mol. The highest BCUT2D eigenvalue weighted by molar-refractivity contribution is 6.59. The summed E-state index contributed by atoms with van der Waals surface area (Å²) in [6.45, 7) is 0. The molecule has 0 aromatic heterocycles. The van der Waals surface area contributed by atoms with Crippen LogP contribution < -0.4 is 0 Å². The van der Waals surface area contributed by atoms with Gasteiger partial charge in [0.15, 0.2) is 0 Å².